The molecule has 0 fully saturated rings. The predicted octanol–water partition coefficient (Wildman–Crippen LogP) is 3.49. The van der Waals surface area contributed by atoms with Gasteiger partial charge in [0.05, 0.1) is 16.8 Å². The molecule has 3 aromatic rings. The Morgan fingerprint density at radius 1 is 1.20 bits per heavy atom. The minimum Gasteiger partial charge on any atom is -0.492 e. The van der Waals surface area contributed by atoms with Gasteiger partial charge in [-0.15, -0.1) is 11.3 Å². The van der Waals surface area contributed by atoms with Crippen LogP contribution in [-0.4, -0.2) is 23.1 Å². The summed E-state index contributed by atoms with van der Waals surface area (Å²) in [7, 11) is 0. The molecule has 0 saturated heterocycles. The quantitative estimate of drug-likeness (QED) is 0.729. The van der Waals surface area contributed by atoms with Crippen molar-refractivity contribution in [3.63, 3.8) is 0 Å². The average molecular weight is 285 g/mol. The van der Waals surface area contributed by atoms with Gasteiger partial charge in [0.15, 0.2) is 0 Å². The first kappa shape index (κ1) is 12.9. The number of para-hydroxylation sites is 1. The first-order valence-electron chi connectivity index (χ1n) is 6.45. The molecule has 0 spiro atoms. The number of aromatic nitrogens is 2. The first-order chi connectivity index (χ1) is 9.84. The molecular weight excluding hydrogens is 270 g/mol. The molecule has 0 saturated carbocycles. The molecule has 2 aromatic heterocycles. The van der Waals surface area contributed by atoms with Crippen LogP contribution in [0.4, 0.5) is 5.82 Å². The average Bonchev–Trinajstić information content (AvgIpc) is 2.87. The van der Waals surface area contributed by atoms with Crippen molar-refractivity contribution in [2.75, 3.05) is 18.5 Å². The number of anilines is 1. The zero-order chi connectivity index (χ0) is 13.8. The molecule has 20 heavy (non-hydrogen) atoms. The fourth-order valence-electron chi connectivity index (χ4n) is 1.95. The molecule has 0 atom stereocenters. The van der Waals surface area contributed by atoms with Crippen molar-refractivity contribution in [2.24, 2.45) is 0 Å². The molecule has 5 heteroatoms. The molecule has 2 heterocycles. The van der Waals surface area contributed by atoms with Crippen molar-refractivity contribution in [3.05, 3.63) is 47.6 Å². The van der Waals surface area contributed by atoms with Crippen molar-refractivity contribution < 1.29 is 4.74 Å². The number of aryl methyl sites for hydroxylation is 1. The summed E-state index contributed by atoms with van der Waals surface area (Å²) in [6, 6.07) is 9.80. The number of nitrogens with zero attached hydrogens (tertiary/aromatic N) is 2. The Kier molecular flexibility index (Phi) is 3.78. The lowest BCUT2D eigenvalue weighted by Crippen LogP contribution is -2.12. The number of hydrogen-bond donors (Lipinski definition) is 1. The van der Waals surface area contributed by atoms with Gasteiger partial charge in [0.2, 0.25) is 0 Å². The van der Waals surface area contributed by atoms with E-state index in [1.807, 2.05) is 30.3 Å². The lowest BCUT2D eigenvalue weighted by molar-refractivity contribution is 0.333. The molecule has 0 amide bonds. The monoisotopic (exact) mass is 285 g/mol. The Morgan fingerprint density at radius 3 is 2.90 bits per heavy atom. The van der Waals surface area contributed by atoms with E-state index < -0.39 is 0 Å². The van der Waals surface area contributed by atoms with E-state index in [9.17, 15) is 0 Å². The zero-order valence-electron chi connectivity index (χ0n) is 11.2. The highest BCUT2D eigenvalue weighted by Gasteiger charge is 2.07. The summed E-state index contributed by atoms with van der Waals surface area (Å²) in [6.07, 6.45) is 1.60. The molecule has 102 valence electrons. The second-order valence-corrected chi connectivity index (χ2v) is 5.29. The molecule has 4 nitrogen and oxygen atoms in total. The van der Waals surface area contributed by atoms with Crippen LogP contribution in [-0.2, 0) is 0 Å². The van der Waals surface area contributed by atoms with Gasteiger partial charge in [-0.25, -0.2) is 9.97 Å². The molecule has 1 aromatic carbocycles. The summed E-state index contributed by atoms with van der Waals surface area (Å²) >= 11 is 1.67. The molecule has 0 aliphatic heterocycles. The van der Waals surface area contributed by atoms with Crippen LogP contribution < -0.4 is 10.1 Å². The largest absolute Gasteiger partial charge is 0.492 e. The molecular formula is C15H15N3OS. The number of nitrogens with one attached hydrogen (secondary N) is 1. The third kappa shape index (κ3) is 2.72. The summed E-state index contributed by atoms with van der Waals surface area (Å²) in [4.78, 5) is 8.60. The number of rotatable bonds is 5. The van der Waals surface area contributed by atoms with Crippen molar-refractivity contribution >= 4 is 27.4 Å². The summed E-state index contributed by atoms with van der Waals surface area (Å²) in [5.41, 5.74) is 2.22. The lowest BCUT2D eigenvalue weighted by atomic mass is 10.3. The number of hydrogen-bond acceptors (Lipinski definition) is 5. The Morgan fingerprint density at radius 2 is 2.05 bits per heavy atom. The third-order valence-corrected chi connectivity index (χ3v) is 4.03. The molecule has 0 bridgehead atoms. The van der Waals surface area contributed by atoms with Crippen molar-refractivity contribution in [1.29, 1.82) is 0 Å². The van der Waals surface area contributed by atoms with E-state index in [4.69, 9.17) is 4.74 Å². The lowest BCUT2D eigenvalue weighted by Gasteiger charge is -2.08. The smallest absolute Gasteiger partial charge is 0.147 e. The second-order valence-electron chi connectivity index (χ2n) is 4.41. The van der Waals surface area contributed by atoms with E-state index in [2.05, 4.69) is 27.6 Å². The first-order valence-corrected chi connectivity index (χ1v) is 7.33. The molecule has 1 N–H and O–H groups in total. The van der Waals surface area contributed by atoms with Crippen molar-refractivity contribution in [1.82, 2.24) is 9.97 Å². The maximum Gasteiger partial charge on any atom is 0.147 e. The Hall–Kier alpha value is -2.14. The zero-order valence-corrected chi connectivity index (χ0v) is 12.0. The Labute approximate surface area is 121 Å². The van der Waals surface area contributed by atoms with E-state index in [1.54, 1.807) is 17.7 Å². The van der Waals surface area contributed by atoms with Gasteiger partial charge in [0, 0.05) is 0 Å². The van der Waals surface area contributed by atoms with E-state index >= 15 is 0 Å². The van der Waals surface area contributed by atoms with Gasteiger partial charge in [-0.1, -0.05) is 18.2 Å². The van der Waals surface area contributed by atoms with Crippen LogP contribution in [0.1, 0.15) is 5.56 Å². The van der Waals surface area contributed by atoms with Crippen LogP contribution in [0.3, 0.4) is 0 Å². The maximum atomic E-state index is 5.64. The van der Waals surface area contributed by atoms with Crippen molar-refractivity contribution in [2.45, 2.75) is 6.92 Å². The maximum absolute atomic E-state index is 5.64. The molecule has 0 unspecified atom stereocenters. The normalized spacial score (nSPS) is 10.7. The van der Waals surface area contributed by atoms with E-state index in [0.29, 0.717) is 13.2 Å². The number of fused-ring (bicyclic) bond motifs is 1. The van der Waals surface area contributed by atoms with E-state index in [1.165, 1.54) is 5.56 Å². The number of thiophene rings is 1. The van der Waals surface area contributed by atoms with Crippen molar-refractivity contribution in [3.8, 4) is 5.75 Å². The Balaban J connectivity index is 1.60. The fourth-order valence-corrected chi connectivity index (χ4v) is 2.92. The minimum atomic E-state index is 0.597. The highest BCUT2D eigenvalue weighted by molar-refractivity contribution is 7.18. The molecule has 0 aliphatic rings. The second kappa shape index (κ2) is 5.88. The van der Waals surface area contributed by atoms with Gasteiger partial charge in [-0.2, -0.15) is 0 Å². The Bertz CT molecular complexity index is 697. The van der Waals surface area contributed by atoms with Crippen LogP contribution >= 0.6 is 11.3 Å². The standard InChI is InChI=1S/C15H15N3OS/c1-11-9-20-14-13(11)17-10-18-15(14)16-7-8-19-12-5-3-2-4-6-12/h2-6,9-10H,7-8H2,1H3,(H,16,17,18). The molecule has 3 rings (SSSR count). The van der Waals surface area contributed by atoms with E-state index in [-0.39, 0.29) is 0 Å². The summed E-state index contributed by atoms with van der Waals surface area (Å²) in [5.74, 6) is 1.76. The number of ether oxygens (including phenoxy) is 1. The third-order valence-electron chi connectivity index (χ3n) is 2.94. The summed E-state index contributed by atoms with van der Waals surface area (Å²) in [5, 5.41) is 5.41. The number of benzene rings is 1. The van der Waals surface area contributed by atoms with E-state index in [0.717, 1.165) is 21.8 Å². The van der Waals surface area contributed by atoms with Gasteiger partial charge < -0.3 is 10.1 Å². The molecule has 0 aliphatic carbocycles. The van der Waals surface area contributed by atoms with Crippen LogP contribution in [0, 0.1) is 6.92 Å². The van der Waals surface area contributed by atoms with Gasteiger partial charge in [0.1, 0.15) is 24.5 Å². The minimum absolute atomic E-state index is 0.597. The van der Waals surface area contributed by atoms with Gasteiger partial charge in [0.25, 0.3) is 0 Å². The van der Waals surface area contributed by atoms with Gasteiger partial charge in [-0.05, 0) is 30.0 Å². The van der Waals surface area contributed by atoms with Crippen LogP contribution in [0.15, 0.2) is 42.0 Å². The highest BCUT2D eigenvalue weighted by Crippen LogP contribution is 2.28. The predicted molar refractivity (Wildman–Crippen MR) is 82.6 cm³/mol. The summed E-state index contributed by atoms with van der Waals surface area (Å²) in [6.45, 7) is 3.37. The van der Waals surface area contributed by atoms with Crippen LogP contribution in [0.25, 0.3) is 10.2 Å². The van der Waals surface area contributed by atoms with Crippen LogP contribution in [0.2, 0.25) is 0 Å². The highest BCUT2D eigenvalue weighted by atomic mass is 32.1. The molecule has 0 radical (unpaired) electrons. The SMILES string of the molecule is Cc1csc2c(NCCOc3ccccc3)ncnc12. The van der Waals surface area contributed by atoms with Gasteiger partial charge >= 0.3 is 0 Å². The topological polar surface area (TPSA) is 47.0 Å². The van der Waals surface area contributed by atoms with Gasteiger partial charge in [-0.3, -0.25) is 0 Å². The summed E-state index contributed by atoms with van der Waals surface area (Å²) < 4.78 is 6.74. The van der Waals surface area contributed by atoms with Crippen LogP contribution in [0.5, 0.6) is 5.75 Å². The fraction of sp³-hybridized carbons (Fsp3) is 0.200.